The van der Waals surface area contributed by atoms with Crippen molar-refractivity contribution in [3.63, 3.8) is 0 Å². The van der Waals surface area contributed by atoms with E-state index < -0.39 is 0 Å². The number of thioether (sulfide) groups is 1. The lowest BCUT2D eigenvalue weighted by Crippen LogP contribution is -2.19. The number of carbonyl (C=O) groups excluding carboxylic acids is 2. The van der Waals surface area contributed by atoms with E-state index in [1.54, 1.807) is 0 Å². The molecule has 0 atom stereocenters. The number of Topliss-reactive ketones (excluding diaryl/α,β-unsaturated/α-hetero) is 1. The maximum absolute atomic E-state index is 12.8. The quantitative estimate of drug-likeness (QED) is 0.277. The predicted octanol–water partition coefficient (Wildman–Crippen LogP) is 6.61. The van der Waals surface area contributed by atoms with Crippen LogP contribution in [0.5, 0.6) is 0 Å². The lowest BCUT2D eigenvalue weighted by molar-refractivity contribution is -0.117. The normalized spacial score (nSPS) is 12.2. The zero-order valence-corrected chi connectivity index (χ0v) is 19.0. The van der Waals surface area contributed by atoms with Crippen LogP contribution in [0.25, 0.3) is 11.1 Å². The molecule has 1 N–H and O–H groups in total. The van der Waals surface area contributed by atoms with Crippen LogP contribution >= 0.6 is 11.8 Å². The Kier molecular flexibility index (Phi) is 6.01. The second kappa shape index (κ2) is 8.72. The van der Waals surface area contributed by atoms with Crippen LogP contribution in [-0.4, -0.2) is 17.4 Å². The highest BCUT2D eigenvalue weighted by molar-refractivity contribution is 8.00. The van der Waals surface area contributed by atoms with E-state index in [4.69, 9.17) is 0 Å². The molecule has 0 radical (unpaired) electrons. The Morgan fingerprint density at radius 1 is 0.903 bits per heavy atom. The number of rotatable bonds is 6. The number of benzene rings is 3. The van der Waals surface area contributed by atoms with Crippen molar-refractivity contribution in [3.8, 4) is 11.1 Å². The van der Waals surface area contributed by atoms with Gasteiger partial charge in [-0.3, -0.25) is 9.59 Å². The largest absolute Gasteiger partial charge is 0.326 e. The van der Waals surface area contributed by atoms with Gasteiger partial charge < -0.3 is 5.32 Å². The summed E-state index contributed by atoms with van der Waals surface area (Å²) in [5, 5.41) is 2.93. The van der Waals surface area contributed by atoms with Crippen LogP contribution in [0.2, 0.25) is 0 Å². The maximum Gasteiger partial charge on any atom is 0.224 e. The number of ketones is 1. The van der Waals surface area contributed by atoms with E-state index in [0.29, 0.717) is 12.2 Å². The van der Waals surface area contributed by atoms with Gasteiger partial charge in [-0.15, -0.1) is 11.8 Å². The molecule has 0 bridgehead atoms. The summed E-state index contributed by atoms with van der Waals surface area (Å²) in [7, 11) is 0. The molecule has 0 fully saturated rings. The third-order valence-electron chi connectivity index (χ3n) is 5.31. The van der Waals surface area contributed by atoms with Gasteiger partial charge in [-0.25, -0.2) is 0 Å². The first-order valence-electron chi connectivity index (χ1n) is 10.6. The van der Waals surface area contributed by atoms with Crippen molar-refractivity contribution in [2.75, 3.05) is 11.1 Å². The third-order valence-corrected chi connectivity index (χ3v) is 6.33. The maximum atomic E-state index is 12.8. The second-order valence-electron chi connectivity index (χ2n) is 9.23. The van der Waals surface area contributed by atoms with Gasteiger partial charge in [0.15, 0.2) is 5.78 Å². The zero-order valence-electron chi connectivity index (χ0n) is 18.2. The number of hydrogen-bond donors (Lipinski definition) is 1. The smallest absolute Gasteiger partial charge is 0.224 e. The Labute approximate surface area is 188 Å². The molecule has 3 aromatic carbocycles. The van der Waals surface area contributed by atoms with Crippen molar-refractivity contribution in [1.82, 2.24) is 0 Å². The molecule has 1 aliphatic carbocycles. The van der Waals surface area contributed by atoms with Crippen molar-refractivity contribution >= 4 is 29.1 Å². The van der Waals surface area contributed by atoms with Gasteiger partial charge in [0.1, 0.15) is 0 Å². The first-order valence-corrected chi connectivity index (χ1v) is 11.5. The average Bonchev–Trinajstić information content (AvgIpc) is 3.09. The standard InChI is InChI=1S/C27H27NO2S/c1-27(2,3)16-26(30)28-21-9-11-22(12-10-21)31-17-25(29)19-8-13-24-20(15-19)14-18-6-4-5-7-23(18)24/h4-13,15H,14,16-17H2,1-3H3,(H,28,30). The SMILES string of the molecule is CC(C)(C)CC(=O)Nc1ccc(SCC(=O)c2ccc3c(c2)Cc2ccccc2-3)cc1. The summed E-state index contributed by atoms with van der Waals surface area (Å²) in [6, 6.07) is 22.2. The highest BCUT2D eigenvalue weighted by Crippen LogP contribution is 2.37. The summed E-state index contributed by atoms with van der Waals surface area (Å²) in [5.74, 6) is 0.537. The topological polar surface area (TPSA) is 46.2 Å². The molecule has 0 aromatic heterocycles. The number of hydrogen-bond acceptors (Lipinski definition) is 3. The fourth-order valence-electron chi connectivity index (χ4n) is 3.87. The van der Waals surface area contributed by atoms with Gasteiger partial charge in [-0.05, 0) is 64.4 Å². The first kappa shape index (κ1) is 21.4. The van der Waals surface area contributed by atoms with Crippen LogP contribution in [0.3, 0.4) is 0 Å². The molecule has 0 spiro atoms. The van der Waals surface area contributed by atoms with Crippen molar-refractivity contribution in [2.24, 2.45) is 5.41 Å². The molecule has 158 valence electrons. The fraction of sp³-hybridized carbons (Fsp3) is 0.259. The van der Waals surface area contributed by atoms with E-state index in [9.17, 15) is 9.59 Å². The van der Waals surface area contributed by atoms with E-state index in [1.165, 1.54) is 34.0 Å². The van der Waals surface area contributed by atoms with E-state index in [1.807, 2.05) is 57.2 Å². The van der Waals surface area contributed by atoms with Gasteiger partial charge in [0.05, 0.1) is 5.75 Å². The second-order valence-corrected chi connectivity index (χ2v) is 10.3. The lowest BCUT2D eigenvalue weighted by atomic mass is 9.92. The lowest BCUT2D eigenvalue weighted by Gasteiger charge is -2.17. The molecule has 3 aromatic rings. The number of anilines is 1. The highest BCUT2D eigenvalue weighted by Gasteiger charge is 2.19. The van der Waals surface area contributed by atoms with Gasteiger partial charge in [-0.2, -0.15) is 0 Å². The van der Waals surface area contributed by atoms with Crippen LogP contribution in [0.1, 0.15) is 48.7 Å². The third kappa shape index (κ3) is 5.26. The van der Waals surface area contributed by atoms with Crippen LogP contribution < -0.4 is 5.32 Å². The summed E-state index contributed by atoms with van der Waals surface area (Å²) in [6.45, 7) is 6.13. The van der Waals surface area contributed by atoms with Gasteiger partial charge in [0.25, 0.3) is 0 Å². The molecule has 0 saturated heterocycles. The summed E-state index contributed by atoms with van der Waals surface area (Å²) in [4.78, 5) is 25.8. The summed E-state index contributed by atoms with van der Waals surface area (Å²) >= 11 is 1.52. The van der Waals surface area contributed by atoms with Crippen molar-refractivity contribution in [3.05, 3.63) is 83.4 Å². The monoisotopic (exact) mass is 429 g/mol. The van der Waals surface area contributed by atoms with E-state index in [0.717, 1.165) is 22.6 Å². The van der Waals surface area contributed by atoms with E-state index in [-0.39, 0.29) is 17.1 Å². The molecule has 4 rings (SSSR count). The van der Waals surface area contributed by atoms with E-state index in [2.05, 4.69) is 35.6 Å². The average molecular weight is 430 g/mol. The van der Waals surface area contributed by atoms with Gasteiger partial charge in [0, 0.05) is 22.6 Å². The molecule has 1 aliphatic rings. The van der Waals surface area contributed by atoms with Crippen LogP contribution in [0.4, 0.5) is 5.69 Å². The molecular weight excluding hydrogens is 402 g/mol. The van der Waals surface area contributed by atoms with Gasteiger partial charge in [-0.1, -0.05) is 57.2 Å². The fourth-order valence-corrected chi connectivity index (χ4v) is 4.67. The first-order chi connectivity index (χ1) is 14.8. The molecule has 1 amide bonds. The Morgan fingerprint density at radius 2 is 1.61 bits per heavy atom. The predicted molar refractivity (Wildman–Crippen MR) is 129 cm³/mol. The Morgan fingerprint density at radius 3 is 2.35 bits per heavy atom. The Bertz CT molecular complexity index is 1130. The number of amides is 1. The van der Waals surface area contributed by atoms with Crippen LogP contribution in [-0.2, 0) is 11.2 Å². The van der Waals surface area contributed by atoms with Gasteiger partial charge >= 0.3 is 0 Å². The molecular formula is C27H27NO2S. The van der Waals surface area contributed by atoms with E-state index >= 15 is 0 Å². The molecule has 0 saturated carbocycles. The van der Waals surface area contributed by atoms with Crippen LogP contribution in [0.15, 0.2) is 71.6 Å². The molecule has 3 nitrogen and oxygen atoms in total. The Hall–Kier alpha value is -2.85. The highest BCUT2D eigenvalue weighted by atomic mass is 32.2. The minimum Gasteiger partial charge on any atom is -0.326 e. The number of fused-ring (bicyclic) bond motifs is 3. The number of carbonyl (C=O) groups is 2. The minimum atomic E-state index is -0.0411. The summed E-state index contributed by atoms with van der Waals surface area (Å²) < 4.78 is 0. The minimum absolute atomic E-state index is 0.0156. The molecule has 0 aliphatic heterocycles. The summed E-state index contributed by atoms with van der Waals surface area (Å²) in [5.41, 5.74) is 6.58. The molecule has 4 heteroatoms. The zero-order chi connectivity index (χ0) is 22.0. The summed E-state index contributed by atoms with van der Waals surface area (Å²) in [6.07, 6.45) is 1.37. The van der Waals surface area contributed by atoms with Crippen molar-refractivity contribution in [2.45, 2.75) is 38.5 Å². The molecule has 0 heterocycles. The van der Waals surface area contributed by atoms with Gasteiger partial charge in [0.2, 0.25) is 5.91 Å². The Balaban J connectivity index is 1.34. The molecule has 31 heavy (non-hydrogen) atoms. The number of nitrogens with one attached hydrogen (secondary N) is 1. The molecule has 0 unspecified atom stereocenters. The van der Waals surface area contributed by atoms with Crippen molar-refractivity contribution in [1.29, 1.82) is 0 Å². The van der Waals surface area contributed by atoms with Crippen LogP contribution in [0, 0.1) is 5.41 Å². The van der Waals surface area contributed by atoms with Crippen molar-refractivity contribution < 1.29 is 9.59 Å².